The van der Waals surface area contributed by atoms with Gasteiger partial charge in [-0.05, 0) is 12.1 Å². The predicted octanol–water partition coefficient (Wildman–Crippen LogP) is 1.65. The number of rotatable bonds is 3. The van der Waals surface area contributed by atoms with Crippen molar-refractivity contribution in [3.63, 3.8) is 0 Å². The summed E-state index contributed by atoms with van der Waals surface area (Å²) < 4.78 is 10.5. The minimum atomic E-state index is 0. The van der Waals surface area contributed by atoms with Crippen molar-refractivity contribution in [3.05, 3.63) is 23.8 Å². The SMILES string of the molecule is COc1cccc(O)c1CN1CCOCC1.Cl. The summed E-state index contributed by atoms with van der Waals surface area (Å²) in [6, 6.07) is 5.35. The van der Waals surface area contributed by atoms with Crippen LogP contribution in [0.1, 0.15) is 5.56 Å². The maximum Gasteiger partial charge on any atom is 0.127 e. The fraction of sp³-hybridized carbons (Fsp3) is 0.500. The average molecular weight is 260 g/mol. The molecule has 2 rings (SSSR count). The lowest BCUT2D eigenvalue weighted by molar-refractivity contribution is 0.0335. The molecule has 1 saturated heterocycles. The van der Waals surface area contributed by atoms with Crippen LogP contribution in [0.15, 0.2) is 18.2 Å². The molecule has 4 nitrogen and oxygen atoms in total. The topological polar surface area (TPSA) is 41.9 Å². The number of halogens is 1. The number of benzene rings is 1. The summed E-state index contributed by atoms with van der Waals surface area (Å²) in [5.74, 6) is 1.04. The van der Waals surface area contributed by atoms with Crippen molar-refractivity contribution in [2.24, 2.45) is 0 Å². The van der Waals surface area contributed by atoms with Crippen LogP contribution in [0.5, 0.6) is 11.5 Å². The number of morpholine rings is 1. The molecule has 0 saturated carbocycles. The molecule has 1 aromatic rings. The van der Waals surface area contributed by atoms with Crippen LogP contribution in [0.3, 0.4) is 0 Å². The average Bonchev–Trinajstić information content (AvgIpc) is 2.33. The van der Waals surface area contributed by atoms with Gasteiger partial charge in [-0.25, -0.2) is 0 Å². The van der Waals surface area contributed by atoms with E-state index in [-0.39, 0.29) is 12.4 Å². The van der Waals surface area contributed by atoms with Gasteiger partial charge in [0.25, 0.3) is 0 Å². The summed E-state index contributed by atoms with van der Waals surface area (Å²) in [4.78, 5) is 2.25. The van der Waals surface area contributed by atoms with Crippen molar-refractivity contribution < 1.29 is 14.6 Å². The summed E-state index contributed by atoms with van der Waals surface area (Å²) in [6.45, 7) is 4.03. The van der Waals surface area contributed by atoms with Crippen LogP contribution in [-0.4, -0.2) is 43.4 Å². The van der Waals surface area contributed by atoms with Crippen molar-refractivity contribution in [2.75, 3.05) is 33.4 Å². The van der Waals surface area contributed by atoms with E-state index >= 15 is 0 Å². The molecule has 17 heavy (non-hydrogen) atoms. The van der Waals surface area contributed by atoms with E-state index in [1.165, 1.54) is 0 Å². The van der Waals surface area contributed by atoms with Crippen LogP contribution in [0.2, 0.25) is 0 Å². The second-order valence-electron chi connectivity index (χ2n) is 3.85. The first-order valence-electron chi connectivity index (χ1n) is 5.46. The summed E-state index contributed by atoms with van der Waals surface area (Å²) >= 11 is 0. The van der Waals surface area contributed by atoms with E-state index in [0.717, 1.165) is 37.6 Å². The van der Waals surface area contributed by atoms with Gasteiger partial charge in [-0.15, -0.1) is 12.4 Å². The smallest absolute Gasteiger partial charge is 0.127 e. The molecule has 1 aromatic carbocycles. The van der Waals surface area contributed by atoms with Gasteiger partial charge in [-0.1, -0.05) is 6.07 Å². The van der Waals surface area contributed by atoms with Gasteiger partial charge in [-0.2, -0.15) is 0 Å². The molecule has 0 aliphatic carbocycles. The quantitative estimate of drug-likeness (QED) is 0.896. The van der Waals surface area contributed by atoms with Gasteiger partial charge in [0.05, 0.1) is 20.3 Å². The third kappa shape index (κ3) is 3.49. The van der Waals surface area contributed by atoms with Gasteiger partial charge in [0, 0.05) is 25.2 Å². The van der Waals surface area contributed by atoms with E-state index in [1.807, 2.05) is 6.07 Å². The molecule has 0 spiro atoms. The van der Waals surface area contributed by atoms with Gasteiger partial charge in [0.15, 0.2) is 0 Å². The number of methoxy groups -OCH3 is 1. The number of ether oxygens (including phenoxy) is 2. The Morgan fingerprint density at radius 3 is 2.71 bits per heavy atom. The Kier molecular flexibility index (Phi) is 5.55. The molecule has 0 unspecified atom stereocenters. The number of aromatic hydroxyl groups is 1. The van der Waals surface area contributed by atoms with Crippen LogP contribution in [0.25, 0.3) is 0 Å². The highest BCUT2D eigenvalue weighted by atomic mass is 35.5. The summed E-state index contributed by atoms with van der Waals surface area (Å²) in [5.41, 5.74) is 0.854. The Morgan fingerprint density at radius 2 is 2.06 bits per heavy atom. The zero-order valence-corrected chi connectivity index (χ0v) is 10.7. The van der Waals surface area contributed by atoms with E-state index in [2.05, 4.69) is 4.90 Å². The summed E-state index contributed by atoms with van der Waals surface area (Å²) in [7, 11) is 1.62. The first kappa shape index (κ1) is 14.1. The monoisotopic (exact) mass is 259 g/mol. The lowest BCUT2D eigenvalue weighted by Gasteiger charge is -2.27. The number of hydrogen-bond donors (Lipinski definition) is 1. The summed E-state index contributed by atoms with van der Waals surface area (Å²) in [6.07, 6.45) is 0. The van der Waals surface area contributed by atoms with Gasteiger partial charge >= 0.3 is 0 Å². The van der Waals surface area contributed by atoms with Gasteiger partial charge < -0.3 is 14.6 Å². The molecule has 1 heterocycles. The highest BCUT2D eigenvalue weighted by molar-refractivity contribution is 5.85. The van der Waals surface area contributed by atoms with Crippen molar-refractivity contribution in [1.82, 2.24) is 4.90 Å². The zero-order valence-electron chi connectivity index (χ0n) is 9.89. The minimum Gasteiger partial charge on any atom is -0.507 e. The van der Waals surface area contributed by atoms with Crippen LogP contribution < -0.4 is 4.74 Å². The molecular weight excluding hydrogens is 242 g/mol. The third-order valence-corrected chi connectivity index (χ3v) is 2.81. The first-order chi connectivity index (χ1) is 7.81. The number of phenolic OH excluding ortho intramolecular Hbond substituents is 1. The minimum absolute atomic E-state index is 0. The zero-order chi connectivity index (χ0) is 11.4. The predicted molar refractivity (Wildman–Crippen MR) is 68.0 cm³/mol. The molecule has 1 aliphatic heterocycles. The Bertz CT molecular complexity index is 354. The van der Waals surface area contributed by atoms with Crippen molar-refractivity contribution in [1.29, 1.82) is 0 Å². The van der Waals surface area contributed by atoms with Crippen LogP contribution in [0, 0.1) is 0 Å². The number of phenols is 1. The van der Waals surface area contributed by atoms with E-state index in [0.29, 0.717) is 12.3 Å². The van der Waals surface area contributed by atoms with E-state index in [4.69, 9.17) is 9.47 Å². The van der Waals surface area contributed by atoms with E-state index in [1.54, 1.807) is 19.2 Å². The molecule has 1 fully saturated rings. The second kappa shape index (κ2) is 6.69. The lowest BCUT2D eigenvalue weighted by Crippen LogP contribution is -2.35. The van der Waals surface area contributed by atoms with Crippen molar-refractivity contribution >= 4 is 12.4 Å². The third-order valence-electron chi connectivity index (χ3n) is 2.81. The Morgan fingerprint density at radius 1 is 1.35 bits per heavy atom. The normalized spacial score (nSPS) is 16.3. The highest BCUT2D eigenvalue weighted by Gasteiger charge is 2.15. The Labute approximate surface area is 108 Å². The van der Waals surface area contributed by atoms with Gasteiger partial charge in [0.1, 0.15) is 11.5 Å². The summed E-state index contributed by atoms with van der Waals surface area (Å²) in [5, 5.41) is 9.82. The first-order valence-corrected chi connectivity index (χ1v) is 5.46. The molecule has 0 atom stereocenters. The molecule has 0 bridgehead atoms. The fourth-order valence-corrected chi connectivity index (χ4v) is 1.89. The van der Waals surface area contributed by atoms with Crippen LogP contribution in [0.4, 0.5) is 0 Å². The second-order valence-corrected chi connectivity index (χ2v) is 3.85. The van der Waals surface area contributed by atoms with Crippen LogP contribution in [-0.2, 0) is 11.3 Å². The molecule has 0 radical (unpaired) electrons. The number of hydrogen-bond acceptors (Lipinski definition) is 4. The van der Waals surface area contributed by atoms with Gasteiger partial charge in [-0.3, -0.25) is 4.90 Å². The van der Waals surface area contributed by atoms with Gasteiger partial charge in [0.2, 0.25) is 0 Å². The number of nitrogens with zero attached hydrogens (tertiary/aromatic N) is 1. The Hall–Kier alpha value is -0.970. The maximum absolute atomic E-state index is 9.82. The molecule has 0 aromatic heterocycles. The van der Waals surface area contributed by atoms with E-state index in [9.17, 15) is 5.11 Å². The van der Waals surface area contributed by atoms with Crippen LogP contribution >= 0.6 is 12.4 Å². The molecule has 0 amide bonds. The van der Waals surface area contributed by atoms with Crippen molar-refractivity contribution in [2.45, 2.75) is 6.54 Å². The standard InChI is InChI=1S/C12H17NO3.ClH/c1-15-12-4-2-3-11(14)10(12)9-13-5-7-16-8-6-13;/h2-4,14H,5-9H2,1H3;1H. The molecule has 1 N–H and O–H groups in total. The maximum atomic E-state index is 9.82. The molecule has 1 aliphatic rings. The molecule has 5 heteroatoms. The highest BCUT2D eigenvalue weighted by Crippen LogP contribution is 2.28. The largest absolute Gasteiger partial charge is 0.507 e. The lowest BCUT2D eigenvalue weighted by atomic mass is 10.1. The molecule has 96 valence electrons. The molecular formula is C12H18ClNO3. The Balaban J connectivity index is 0.00000144. The van der Waals surface area contributed by atoms with Crippen molar-refractivity contribution in [3.8, 4) is 11.5 Å². The fourth-order valence-electron chi connectivity index (χ4n) is 1.89. The van der Waals surface area contributed by atoms with E-state index < -0.39 is 0 Å².